The fourth-order valence-electron chi connectivity index (χ4n) is 1.39. The van der Waals surface area contributed by atoms with E-state index in [2.05, 4.69) is 10.3 Å². The number of ether oxygens (including phenoxy) is 1. The number of rotatable bonds is 2. The molecule has 0 atom stereocenters. The molecule has 0 unspecified atom stereocenters. The molecule has 1 aliphatic rings. The van der Waals surface area contributed by atoms with Gasteiger partial charge in [0.1, 0.15) is 5.75 Å². The van der Waals surface area contributed by atoms with Crippen molar-refractivity contribution in [1.29, 1.82) is 0 Å². The number of carbonyl (C=O) groups is 1. The molecule has 1 aliphatic heterocycles. The monoisotopic (exact) mass is 270 g/mol. The zero-order valence-electron chi connectivity index (χ0n) is 9.20. The lowest BCUT2D eigenvalue weighted by Crippen LogP contribution is -2.27. The first-order valence-electron chi connectivity index (χ1n) is 5.03. The molecule has 2 rings (SSSR count). The van der Waals surface area contributed by atoms with Gasteiger partial charge in [-0.05, 0) is 18.2 Å². The molecule has 0 bridgehead atoms. The quantitative estimate of drug-likeness (QED) is 0.896. The minimum absolute atomic E-state index is 0.206. The molecule has 1 amide bonds. The molecule has 6 heteroatoms. The summed E-state index contributed by atoms with van der Waals surface area (Å²) in [4.78, 5) is 16.0. The molecule has 0 radical (unpaired) electrons. The van der Waals surface area contributed by atoms with Gasteiger partial charge < -0.3 is 10.1 Å². The first-order valence-corrected chi connectivity index (χ1v) is 6.39. The fourth-order valence-corrected chi connectivity index (χ4v) is 2.37. The van der Waals surface area contributed by atoms with E-state index >= 15 is 0 Å². The van der Waals surface area contributed by atoms with Gasteiger partial charge in [0.25, 0.3) is 5.91 Å². The number of halogens is 1. The minimum atomic E-state index is -0.206. The maximum Gasteiger partial charge on any atom is 0.257 e. The zero-order chi connectivity index (χ0) is 12.3. The lowest BCUT2D eigenvalue weighted by molar-refractivity contribution is 0.0978. The van der Waals surface area contributed by atoms with E-state index in [1.54, 1.807) is 18.2 Å². The van der Waals surface area contributed by atoms with E-state index in [0.29, 0.717) is 21.5 Å². The summed E-state index contributed by atoms with van der Waals surface area (Å²) < 4.78 is 5.02. The van der Waals surface area contributed by atoms with E-state index in [-0.39, 0.29) is 5.91 Å². The summed E-state index contributed by atoms with van der Waals surface area (Å²) in [5, 5.41) is 3.82. The summed E-state index contributed by atoms with van der Waals surface area (Å²) in [5.74, 6) is 1.26. The average Bonchev–Trinajstić information content (AvgIpc) is 2.81. The third-order valence-electron chi connectivity index (χ3n) is 2.22. The van der Waals surface area contributed by atoms with Gasteiger partial charge in [-0.3, -0.25) is 9.79 Å². The smallest absolute Gasteiger partial charge is 0.257 e. The maximum atomic E-state index is 11.8. The Bertz CT molecular complexity index is 477. The van der Waals surface area contributed by atoms with Crippen molar-refractivity contribution in [1.82, 2.24) is 5.32 Å². The molecule has 1 heterocycles. The zero-order valence-corrected chi connectivity index (χ0v) is 10.8. The van der Waals surface area contributed by atoms with Crippen LogP contribution in [-0.4, -0.2) is 30.5 Å². The Kier molecular flexibility index (Phi) is 3.91. The summed E-state index contributed by atoms with van der Waals surface area (Å²) in [7, 11) is 1.53. The molecule has 90 valence electrons. The van der Waals surface area contributed by atoms with Gasteiger partial charge in [-0.1, -0.05) is 23.4 Å². The number of methoxy groups -OCH3 is 1. The number of nitrogens with zero attached hydrogens (tertiary/aromatic N) is 1. The highest BCUT2D eigenvalue weighted by Crippen LogP contribution is 2.25. The van der Waals surface area contributed by atoms with Gasteiger partial charge in [0.15, 0.2) is 5.17 Å². The normalized spacial score (nSPS) is 14.4. The molecular formula is C11H11ClN2O2S. The highest BCUT2D eigenvalue weighted by atomic mass is 35.5. The molecular weight excluding hydrogens is 260 g/mol. The van der Waals surface area contributed by atoms with E-state index in [4.69, 9.17) is 16.3 Å². The van der Waals surface area contributed by atoms with Crippen LogP contribution in [0.3, 0.4) is 0 Å². The third kappa shape index (κ3) is 2.92. The van der Waals surface area contributed by atoms with Crippen molar-refractivity contribution in [2.75, 3.05) is 19.4 Å². The van der Waals surface area contributed by atoms with E-state index in [1.165, 1.54) is 18.9 Å². The Morgan fingerprint density at radius 1 is 1.59 bits per heavy atom. The second-order valence-electron chi connectivity index (χ2n) is 3.34. The maximum absolute atomic E-state index is 11.8. The Balaban J connectivity index is 2.11. The first kappa shape index (κ1) is 12.3. The van der Waals surface area contributed by atoms with Crippen molar-refractivity contribution >= 4 is 34.4 Å². The van der Waals surface area contributed by atoms with Crippen LogP contribution in [0.15, 0.2) is 23.2 Å². The van der Waals surface area contributed by atoms with Gasteiger partial charge in [0, 0.05) is 11.3 Å². The Morgan fingerprint density at radius 3 is 3.00 bits per heavy atom. The topological polar surface area (TPSA) is 50.7 Å². The standard InChI is InChI=1S/C11H11ClN2O2S/c1-16-9-3-2-7(6-8(9)12)10(15)14-11-13-4-5-17-11/h2-3,6H,4-5H2,1H3,(H,13,14,15). The molecule has 0 aromatic heterocycles. The number of carbonyl (C=O) groups excluding carboxylic acids is 1. The summed E-state index contributed by atoms with van der Waals surface area (Å²) in [6, 6.07) is 4.91. The van der Waals surface area contributed by atoms with Crippen molar-refractivity contribution in [3.63, 3.8) is 0 Å². The summed E-state index contributed by atoms with van der Waals surface area (Å²) in [5.41, 5.74) is 0.492. The molecule has 17 heavy (non-hydrogen) atoms. The second kappa shape index (κ2) is 5.42. The van der Waals surface area contributed by atoms with Gasteiger partial charge in [-0.25, -0.2) is 0 Å². The summed E-state index contributed by atoms with van der Waals surface area (Å²) in [6.07, 6.45) is 0. The van der Waals surface area contributed by atoms with Crippen LogP contribution in [0.4, 0.5) is 0 Å². The molecule has 4 nitrogen and oxygen atoms in total. The molecule has 0 saturated carbocycles. The molecule has 1 aromatic carbocycles. The van der Waals surface area contributed by atoms with Crippen molar-refractivity contribution in [3.05, 3.63) is 28.8 Å². The molecule has 1 N–H and O–H groups in total. The van der Waals surface area contributed by atoms with Gasteiger partial charge in [-0.2, -0.15) is 0 Å². The number of aliphatic imine (C=N–C) groups is 1. The SMILES string of the molecule is COc1ccc(C(=O)NC2=NCCS2)cc1Cl. The van der Waals surface area contributed by atoms with E-state index in [9.17, 15) is 4.79 Å². The number of hydrogen-bond donors (Lipinski definition) is 1. The molecule has 1 aromatic rings. The summed E-state index contributed by atoms with van der Waals surface area (Å²) >= 11 is 7.49. The van der Waals surface area contributed by atoms with Crippen molar-refractivity contribution < 1.29 is 9.53 Å². The lowest BCUT2D eigenvalue weighted by Gasteiger charge is -2.06. The highest BCUT2D eigenvalue weighted by molar-refractivity contribution is 8.14. The fraction of sp³-hybridized carbons (Fsp3) is 0.273. The molecule has 0 fully saturated rings. The van der Waals surface area contributed by atoms with Crippen molar-refractivity contribution in [3.8, 4) is 5.75 Å². The van der Waals surface area contributed by atoms with Crippen LogP contribution in [-0.2, 0) is 0 Å². The number of nitrogens with one attached hydrogen (secondary N) is 1. The van der Waals surface area contributed by atoms with Crippen LogP contribution < -0.4 is 10.1 Å². The number of amides is 1. The highest BCUT2D eigenvalue weighted by Gasteiger charge is 2.13. The summed E-state index contributed by atoms with van der Waals surface area (Å²) in [6.45, 7) is 0.754. The number of amidine groups is 1. The average molecular weight is 271 g/mol. The Hall–Kier alpha value is -1.20. The first-order chi connectivity index (χ1) is 8.20. The minimum Gasteiger partial charge on any atom is -0.495 e. The predicted molar refractivity (Wildman–Crippen MR) is 70.2 cm³/mol. The van der Waals surface area contributed by atoms with Crippen molar-refractivity contribution in [2.24, 2.45) is 4.99 Å². The van der Waals surface area contributed by atoms with Crippen molar-refractivity contribution in [2.45, 2.75) is 0 Å². The van der Waals surface area contributed by atoms with Crippen LogP contribution in [0.25, 0.3) is 0 Å². The molecule has 0 aliphatic carbocycles. The second-order valence-corrected chi connectivity index (χ2v) is 4.83. The van der Waals surface area contributed by atoms with E-state index in [1.807, 2.05) is 0 Å². The van der Waals surface area contributed by atoms with Gasteiger partial charge in [0.2, 0.25) is 0 Å². The molecule has 0 saturated heterocycles. The largest absolute Gasteiger partial charge is 0.495 e. The predicted octanol–water partition coefficient (Wildman–Crippen LogP) is 2.18. The Labute approximate surface area is 108 Å². The van der Waals surface area contributed by atoms with Crippen LogP contribution in [0, 0.1) is 0 Å². The van der Waals surface area contributed by atoms with Crippen LogP contribution >= 0.6 is 23.4 Å². The van der Waals surface area contributed by atoms with Crippen LogP contribution in [0.2, 0.25) is 5.02 Å². The van der Waals surface area contributed by atoms with Crippen LogP contribution in [0.5, 0.6) is 5.75 Å². The van der Waals surface area contributed by atoms with E-state index in [0.717, 1.165) is 12.3 Å². The van der Waals surface area contributed by atoms with Crippen LogP contribution in [0.1, 0.15) is 10.4 Å². The number of hydrogen-bond acceptors (Lipinski definition) is 4. The number of benzene rings is 1. The number of thioether (sulfide) groups is 1. The van der Waals surface area contributed by atoms with Gasteiger partial charge in [0.05, 0.1) is 18.7 Å². The molecule has 0 spiro atoms. The lowest BCUT2D eigenvalue weighted by atomic mass is 10.2. The third-order valence-corrected chi connectivity index (χ3v) is 3.41. The van der Waals surface area contributed by atoms with E-state index < -0.39 is 0 Å². The van der Waals surface area contributed by atoms with Gasteiger partial charge >= 0.3 is 0 Å². The van der Waals surface area contributed by atoms with Gasteiger partial charge in [-0.15, -0.1) is 0 Å². The Morgan fingerprint density at radius 2 is 2.41 bits per heavy atom.